The van der Waals surface area contributed by atoms with Crippen LogP contribution in [0.2, 0.25) is 0 Å². The van der Waals surface area contributed by atoms with Crippen molar-refractivity contribution < 1.29 is 14.6 Å². The van der Waals surface area contributed by atoms with Crippen LogP contribution < -0.4 is 10.1 Å². The van der Waals surface area contributed by atoms with E-state index in [0.29, 0.717) is 26.0 Å². The number of methoxy groups -OCH3 is 1. The highest BCUT2D eigenvalue weighted by Gasteiger charge is 2.38. The third-order valence-corrected chi connectivity index (χ3v) is 3.76. The maximum Gasteiger partial charge on any atom is 0.118 e. The molecule has 1 heterocycles. The number of rotatable bonds is 5. The molecule has 4 heteroatoms. The van der Waals surface area contributed by atoms with Gasteiger partial charge in [0.25, 0.3) is 0 Å². The van der Waals surface area contributed by atoms with Gasteiger partial charge < -0.3 is 19.9 Å². The van der Waals surface area contributed by atoms with E-state index in [0.717, 1.165) is 12.3 Å². The first-order valence-electron chi connectivity index (χ1n) is 7.13. The predicted molar refractivity (Wildman–Crippen MR) is 78.9 cm³/mol. The largest absolute Gasteiger partial charge is 0.497 e. The molecule has 0 amide bonds. The molecule has 112 valence electrons. The van der Waals surface area contributed by atoms with Crippen LogP contribution in [0.25, 0.3) is 0 Å². The molecule has 1 aliphatic rings. The van der Waals surface area contributed by atoms with Crippen molar-refractivity contribution in [3.8, 4) is 5.75 Å². The van der Waals surface area contributed by atoms with Crippen LogP contribution in [0.3, 0.4) is 0 Å². The molecule has 2 N–H and O–H groups in total. The summed E-state index contributed by atoms with van der Waals surface area (Å²) < 4.78 is 10.8. The molecule has 2 rings (SSSR count). The van der Waals surface area contributed by atoms with Crippen LogP contribution in [0.1, 0.15) is 32.3 Å². The van der Waals surface area contributed by atoms with Crippen molar-refractivity contribution in [1.29, 1.82) is 0 Å². The molecule has 0 bridgehead atoms. The van der Waals surface area contributed by atoms with Gasteiger partial charge in [-0.25, -0.2) is 0 Å². The van der Waals surface area contributed by atoms with E-state index < -0.39 is 5.60 Å². The summed E-state index contributed by atoms with van der Waals surface area (Å²) in [5.74, 6) is 0.860. The number of hydrogen-bond donors (Lipinski definition) is 2. The summed E-state index contributed by atoms with van der Waals surface area (Å²) in [5.41, 5.74) is 0.268. The predicted octanol–water partition coefficient (Wildman–Crippen LogP) is 2.10. The molecule has 1 aromatic rings. The first-order valence-corrected chi connectivity index (χ1v) is 7.13. The molecular weight excluding hydrogens is 254 g/mol. The Bertz CT molecular complexity index is 430. The monoisotopic (exact) mass is 279 g/mol. The van der Waals surface area contributed by atoms with E-state index in [1.165, 1.54) is 5.56 Å². The summed E-state index contributed by atoms with van der Waals surface area (Å²) in [5, 5.41) is 13.9. The Balaban J connectivity index is 1.82. The lowest BCUT2D eigenvalue weighted by molar-refractivity contribution is -0.142. The lowest BCUT2D eigenvalue weighted by Crippen LogP contribution is -2.51. The Kier molecular flexibility index (Phi) is 4.68. The number of nitrogens with one attached hydrogen (secondary N) is 1. The highest BCUT2D eigenvalue weighted by Crippen LogP contribution is 2.31. The van der Waals surface area contributed by atoms with Gasteiger partial charge in [0, 0.05) is 25.9 Å². The lowest BCUT2D eigenvalue weighted by atomic mass is 9.84. The van der Waals surface area contributed by atoms with E-state index in [2.05, 4.69) is 5.32 Å². The SMILES string of the molecule is COc1ccc(CNC[C@]2(O)CCOC(C)(C)C2)cc1. The summed E-state index contributed by atoms with van der Waals surface area (Å²) in [6.45, 7) is 6.01. The molecule has 0 spiro atoms. The Morgan fingerprint density at radius 1 is 1.30 bits per heavy atom. The highest BCUT2D eigenvalue weighted by molar-refractivity contribution is 5.27. The molecule has 0 unspecified atom stereocenters. The van der Waals surface area contributed by atoms with Gasteiger partial charge in [0.2, 0.25) is 0 Å². The molecule has 1 aromatic carbocycles. The van der Waals surface area contributed by atoms with Crippen molar-refractivity contribution >= 4 is 0 Å². The zero-order valence-electron chi connectivity index (χ0n) is 12.6. The topological polar surface area (TPSA) is 50.7 Å². The normalized spacial score (nSPS) is 25.4. The molecule has 0 saturated carbocycles. The number of ether oxygens (including phenoxy) is 2. The summed E-state index contributed by atoms with van der Waals surface area (Å²) in [7, 11) is 1.66. The van der Waals surface area contributed by atoms with Crippen LogP contribution in [-0.4, -0.2) is 36.6 Å². The van der Waals surface area contributed by atoms with E-state index in [9.17, 15) is 5.11 Å². The maximum atomic E-state index is 10.6. The van der Waals surface area contributed by atoms with Gasteiger partial charge in [0.1, 0.15) is 5.75 Å². The standard InChI is InChI=1S/C16H25NO3/c1-15(2)11-16(18,8-9-20-15)12-17-10-13-4-6-14(19-3)7-5-13/h4-7,17-18H,8-12H2,1-3H3/t16-/m0/s1. The van der Waals surface area contributed by atoms with Gasteiger partial charge in [-0.15, -0.1) is 0 Å². The Hall–Kier alpha value is -1.10. The van der Waals surface area contributed by atoms with Crippen LogP contribution in [0, 0.1) is 0 Å². The fourth-order valence-corrected chi connectivity index (χ4v) is 2.78. The van der Waals surface area contributed by atoms with Crippen LogP contribution in [0.15, 0.2) is 24.3 Å². The number of benzene rings is 1. The molecule has 1 aliphatic heterocycles. The first-order chi connectivity index (χ1) is 9.42. The second-order valence-electron chi connectivity index (χ2n) is 6.21. The number of aliphatic hydroxyl groups is 1. The van der Waals surface area contributed by atoms with Gasteiger partial charge in [-0.2, -0.15) is 0 Å². The van der Waals surface area contributed by atoms with Crippen molar-refractivity contribution in [2.75, 3.05) is 20.3 Å². The second-order valence-corrected chi connectivity index (χ2v) is 6.21. The smallest absolute Gasteiger partial charge is 0.118 e. The minimum Gasteiger partial charge on any atom is -0.497 e. The molecule has 4 nitrogen and oxygen atoms in total. The second kappa shape index (κ2) is 6.12. The highest BCUT2D eigenvalue weighted by atomic mass is 16.5. The molecule has 0 radical (unpaired) electrons. The van der Waals surface area contributed by atoms with Crippen LogP contribution in [-0.2, 0) is 11.3 Å². The zero-order chi connectivity index (χ0) is 14.6. The Labute approximate surface area is 121 Å². The zero-order valence-corrected chi connectivity index (χ0v) is 12.6. The van der Waals surface area contributed by atoms with Gasteiger partial charge in [-0.05, 0) is 31.5 Å². The van der Waals surface area contributed by atoms with E-state index in [1.807, 2.05) is 38.1 Å². The molecule has 1 atom stereocenters. The molecule has 20 heavy (non-hydrogen) atoms. The minimum absolute atomic E-state index is 0.241. The molecular formula is C16H25NO3. The molecule has 0 aliphatic carbocycles. The van der Waals surface area contributed by atoms with Crippen LogP contribution in [0.5, 0.6) is 5.75 Å². The Morgan fingerprint density at radius 3 is 2.60 bits per heavy atom. The molecule has 0 aromatic heterocycles. The summed E-state index contributed by atoms with van der Waals surface area (Å²) in [4.78, 5) is 0. The first kappa shape index (κ1) is 15.3. The third kappa shape index (κ3) is 4.20. The van der Waals surface area contributed by atoms with Crippen molar-refractivity contribution in [1.82, 2.24) is 5.32 Å². The van der Waals surface area contributed by atoms with Gasteiger partial charge in [0.05, 0.1) is 24.9 Å². The van der Waals surface area contributed by atoms with E-state index in [1.54, 1.807) is 7.11 Å². The van der Waals surface area contributed by atoms with Gasteiger partial charge in [-0.1, -0.05) is 12.1 Å². The Morgan fingerprint density at radius 2 is 2.00 bits per heavy atom. The van der Waals surface area contributed by atoms with Crippen molar-refractivity contribution in [3.63, 3.8) is 0 Å². The fourth-order valence-electron chi connectivity index (χ4n) is 2.78. The van der Waals surface area contributed by atoms with Gasteiger partial charge in [-0.3, -0.25) is 0 Å². The van der Waals surface area contributed by atoms with Gasteiger partial charge >= 0.3 is 0 Å². The lowest BCUT2D eigenvalue weighted by Gasteiger charge is -2.41. The summed E-state index contributed by atoms with van der Waals surface area (Å²) in [6.07, 6.45) is 1.35. The minimum atomic E-state index is -0.672. The summed E-state index contributed by atoms with van der Waals surface area (Å²) >= 11 is 0. The average molecular weight is 279 g/mol. The van der Waals surface area contributed by atoms with E-state index >= 15 is 0 Å². The third-order valence-electron chi connectivity index (χ3n) is 3.76. The van der Waals surface area contributed by atoms with E-state index in [-0.39, 0.29) is 5.60 Å². The van der Waals surface area contributed by atoms with Crippen LogP contribution >= 0.6 is 0 Å². The maximum absolute atomic E-state index is 10.6. The van der Waals surface area contributed by atoms with Crippen molar-refractivity contribution in [3.05, 3.63) is 29.8 Å². The quantitative estimate of drug-likeness (QED) is 0.866. The average Bonchev–Trinajstić information content (AvgIpc) is 2.38. The van der Waals surface area contributed by atoms with Crippen molar-refractivity contribution in [2.24, 2.45) is 0 Å². The number of hydrogen-bond acceptors (Lipinski definition) is 4. The fraction of sp³-hybridized carbons (Fsp3) is 0.625. The van der Waals surface area contributed by atoms with Gasteiger partial charge in [0.15, 0.2) is 0 Å². The molecule has 1 saturated heterocycles. The van der Waals surface area contributed by atoms with E-state index in [4.69, 9.17) is 9.47 Å². The summed E-state index contributed by atoms with van der Waals surface area (Å²) in [6, 6.07) is 7.96. The molecule has 1 fully saturated rings. The van der Waals surface area contributed by atoms with Crippen molar-refractivity contribution in [2.45, 2.75) is 44.4 Å². The van der Waals surface area contributed by atoms with Crippen LogP contribution in [0.4, 0.5) is 0 Å².